The molecule has 4 heterocycles. The normalized spacial score (nSPS) is 22.8. The van der Waals surface area contributed by atoms with Crippen LogP contribution in [0.1, 0.15) is 17.5 Å². The number of anilines is 1. The van der Waals surface area contributed by atoms with Crippen molar-refractivity contribution >= 4 is 28.6 Å². The quantitative estimate of drug-likeness (QED) is 0.393. The van der Waals surface area contributed by atoms with Gasteiger partial charge in [-0.1, -0.05) is 30.3 Å². The number of thioether (sulfide) groups is 1. The average molecular weight is 465 g/mol. The van der Waals surface area contributed by atoms with E-state index in [4.69, 9.17) is 10.5 Å². The summed E-state index contributed by atoms with van der Waals surface area (Å²) in [5, 5.41) is 22.0. The Morgan fingerprint density at radius 2 is 1.82 bits per heavy atom. The first-order chi connectivity index (χ1) is 16.0. The highest BCUT2D eigenvalue weighted by molar-refractivity contribution is 7.98. The highest BCUT2D eigenvalue weighted by Gasteiger charge is 2.44. The van der Waals surface area contributed by atoms with Crippen molar-refractivity contribution in [3.8, 4) is 11.3 Å². The number of aliphatic hydroxyl groups is 2. The van der Waals surface area contributed by atoms with Crippen LogP contribution < -0.4 is 5.73 Å². The Morgan fingerprint density at radius 3 is 2.64 bits per heavy atom. The van der Waals surface area contributed by atoms with Gasteiger partial charge in [-0.05, 0) is 13.0 Å². The molecule has 1 saturated heterocycles. The molecular weight excluding hydrogens is 440 g/mol. The first kappa shape index (κ1) is 21.8. The summed E-state index contributed by atoms with van der Waals surface area (Å²) >= 11 is 1.61. The number of nitrogens with two attached hydrogens (primary N) is 1. The molecule has 4 atom stereocenters. The maximum absolute atomic E-state index is 10.7. The maximum Gasteiger partial charge on any atom is 0.164 e. The summed E-state index contributed by atoms with van der Waals surface area (Å²) in [6.07, 6.45) is 1.26. The summed E-state index contributed by atoms with van der Waals surface area (Å²) < 4.78 is 7.76. The second-order valence-electron chi connectivity index (χ2n) is 7.93. The van der Waals surface area contributed by atoms with Crippen LogP contribution in [-0.4, -0.2) is 58.8 Å². The van der Waals surface area contributed by atoms with Crippen LogP contribution in [-0.2, 0) is 10.5 Å². The van der Waals surface area contributed by atoms with Crippen molar-refractivity contribution in [2.45, 2.75) is 37.2 Å². The first-order valence-corrected chi connectivity index (χ1v) is 11.7. The molecule has 4 N–H and O–H groups in total. The molecule has 1 aliphatic rings. The summed E-state index contributed by atoms with van der Waals surface area (Å²) in [7, 11) is 0. The van der Waals surface area contributed by atoms with Crippen LogP contribution in [0.2, 0.25) is 0 Å². The molecule has 3 aromatic heterocycles. The van der Waals surface area contributed by atoms with Gasteiger partial charge in [-0.2, -0.15) is 11.8 Å². The molecule has 0 aliphatic carbocycles. The zero-order valence-electron chi connectivity index (χ0n) is 17.9. The second kappa shape index (κ2) is 9.06. The minimum absolute atomic E-state index is 0.355. The fourth-order valence-electron chi connectivity index (χ4n) is 4.09. The fraction of sp³-hybridized carbons (Fsp3) is 0.304. The van der Waals surface area contributed by atoms with E-state index in [9.17, 15) is 10.2 Å². The Kier molecular flexibility index (Phi) is 5.98. The smallest absolute Gasteiger partial charge is 0.164 e. The molecule has 33 heavy (non-hydrogen) atoms. The SMILES string of the molecule is Cc1ncnc(-c2ccccc2)c1CSC[C@H]1O[C@@H](n2ccc3c(N)ncnc32)[C@H](O)[C@@H]1O. The van der Waals surface area contributed by atoms with E-state index in [1.165, 1.54) is 6.33 Å². The van der Waals surface area contributed by atoms with E-state index < -0.39 is 24.5 Å². The zero-order valence-corrected chi connectivity index (χ0v) is 18.8. The van der Waals surface area contributed by atoms with Crippen LogP contribution in [0.3, 0.4) is 0 Å². The molecule has 10 heteroatoms. The van der Waals surface area contributed by atoms with Gasteiger partial charge in [-0.25, -0.2) is 19.9 Å². The minimum Gasteiger partial charge on any atom is -0.387 e. The van der Waals surface area contributed by atoms with E-state index in [1.54, 1.807) is 34.9 Å². The Balaban J connectivity index is 1.30. The lowest BCUT2D eigenvalue weighted by molar-refractivity contribution is -0.0285. The number of rotatable bonds is 6. The molecule has 1 aliphatic heterocycles. The number of hydrogen-bond donors (Lipinski definition) is 3. The number of nitrogen functional groups attached to an aromatic ring is 1. The van der Waals surface area contributed by atoms with E-state index in [0.29, 0.717) is 28.4 Å². The van der Waals surface area contributed by atoms with E-state index in [2.05, 4.69) is 19.9 Å². The highest BCUT2D eigenvalue weighted by Crippen LogP contribution is 2.35. The lowest BCUT2D eigenvalue weighted by atomic mass is 10.1. The van der Waals surface area contributed by atoms with Crippen molar-refractivity contribution in [1.82, 2.24) is 24.5 Å². The van der Waals surface area contributed by atoms with E-state index in [0.717, 1.165) is 22.5 Å². The molecule has 9 nitrogen and oxygen atoms in total. The largest absolute Gasteiger partial charge is 0.387 e. The van der Waals surface area contributed by atoms with Gasteiger partial charge < -0.3 is 25.3 Å². The summed E-state index contributed by atoms with van der Waals surface area (Å²) in [5.41, 5.74) is 10.4. The van der Waals surface area contributed by atoms with Gasteiger partial charge in [0.2, 0.25) is 0 Å². The molecule has 4 aromatic rings. The van der Waals surface area contributed by atoms with Crippen LogP contribution in [0.15, 0.2) is 55.2 Å². The predicted octanol–water partition coefficient (Wildman–Crippen LogP) is 2.33. The second-order valence-corrected chi connectivity index (χ2v) is 8.96. The minimum atomic E-state index is -1.09. The van der Waals surface area contributed by atoms with Crippen LogP contribution in [0.5, 0.6) is 0 Å². The fourth-order valence-corrected chi connectivity index (χ4v) is 5.26. The van der Waals surface area contributed by atoms with E-state index in [1.807, 2.05) is 37.3 Å². The van der Waals surface area contributed by atoms with Gasteiger partial charge in [0, 0.05) is 34.5 Å². The van der Waals surface area contributed by atoms with Gasteiger partial charge in [-0.15, -0.1) is 0 Å². The van der Waals surface area contributed by atoms with Crippen LogP contribution in [0.25, 0.3) is 22.3 Å². The lowest BCUT2D eigenvalue weighted by Crippen LogP contribution is -2.32. The van der Waals surface area contributed by atoms with Crippen molar-refractivity contribution < 1.29 is 14.9 Å². The topological polar surface area (TPSA) is 132 Å². The van der Waals surface area contributed by atoms with Gasteiger partial charge in [0.25, 0.3) is 0 Å². The molecule has 170 valence electrons. The van der Waals surface area contributed by atoms with Gasteiger partial charge in [0.1, 0.15) is 36.3 Å². The summed E-state index contributed by atoms with van der Waals surface area (Å²) in [5.74, 6) is 1.50. The highest BCUT2D eigenvalue weighted by atomic mass is 32.2. The van der Waals surface area contributed by atoms with Crippen LogP contribution in [0, 0.1) is 6.92 Å². The van der Waals surface area contributed by atoms with E-state index in [-0.39, 0.29) is 0 Å². The third kappa shape index (κ3) is 4.06. The van der Waals surface area contributed by atoms with Crippen molar-refractivity contribution in [3.05, 3.63) is 66.5 Å². The molecule has 1 aromatic carbocycles. The monoisotopic (exact) mass is 464 g/mol. The van der Waals surface area contributed by atoms with Gasteiger partial charge >= 0.3 is 0 Å². The lowest BCUT2D eigenvalue weighted by Gasteiger charge is -2.17. The summed E-state index contributed by atoms with van der Waals surface area (Å²) in [6.45, 7) is 1.97. The third-order valence-corrected chi connectivity index (χ3v) is 6.95. The summed E-state index contributed by atoms with van der Waals surface area (Å²) in [4.78, 5) is 17.1. The molecule has 5 rings (SSSR count). The zero-order chi connectivity index (χ0) is 22.9. The summed E-state index contributed by atoms with van der Waals surface area (Å²) in [6, 6.07) is 11.8. The van der Waals surface area contributed by atoms with Crippen LogP contribution >= 0.6 is 11.8 Å². The van der Waals surface area contributed by atoms with Gasteiger partial charge in [-0.3, -0.25) is 0 Å². The number of nitrogens with zero attached hydrogens (tertiary/aromatic N) is 5. The Morgan fingerprint density at radius 1 is 1.03 bits per heavy atom. The number of aryl methyl sites for hydroxylation is 1. The average Bonchev–Trinajstić information content (AvgIpc) is 3.38. The Hall–Kier alpha value is -3.05. The van der Waals surface area contributed by atoms with Gasteiger partial charge in [0.05, 0.1) is 17.2 Å². The number of ether oxygens (including phenoxy) is 1. The predicted molar refractivity (Wildman–Crippen MR) is 126 cm³/mol. The van der Waals surface area contributed by atoms with Gasteiger partial charge in [0.15, 0.2) is 6.23 Å². The van der Waals surface area contributed by atoms with Crippen molar-refractivity contribution in [2.75, 3.05) is 11.5 Å². The number of fused-ring (bicyclic) bond motifs is 1. The number of aromatic nitrogens is 5. The Bertz CT molecular complexity index is 1270. The molecule has 0 saturated carbocycles. The van der Waals surface area contributed by atoms with Crippen molar-refractivity contribution in [2.24, 2.45) is 0 Å². The number of benzene rings is 1. The Labute approximate surface area is 194 Å². The molecule has 0 amide bonds. The molecule has 0 spiro atoms. The number of hydrogen-bond acceptors (Lipinski definition) is 9. The molecule has 0 bridgehead atoms. The van der Waals surface area contributed by atoms with Crippen LogP contribution in [0.4, 0.5) is 5.82 Å². The number of aliphatic hydroxyl groups excluding tert-OH is 2. The molecule has 1 fully saturated rings. The van der Waals surface area contributed by atoms with Crippen molar-refractivity contribution in [1.29, 1.82) is 0 Å². The first-order valence-electron chi connectivity index (χ1n) is 10.6. The van der Waals surface area contributed by atoms with E-state index >= 15 is 0 Å². The third-order valence-electron chi connectivity index (χ3n) is 5.89. The molecule has 0 unspecified atom stereocenters. The standard InChI is InChI=1S/C23H24N6O3S/c1-13-16(18(26-11-25-13)14-5-3-2-4-6-14)9-33-10-17-19(30)20(31)23(32-17)29-8-7-15-21(24)27-12-28-22(15)29/h2-8,11-12,17,19-20,23,30-31H,9-10H2,1H3,(H2,24,27,28)/t17-,19-,20-,23-/m1/s1. The molecular formula is C23H24N6O3S. The van der Waals surface area contributed by atoms with Crippen molar-refractivity contribution in [3.63, 3.8) is 0 Å². The maximum atomic E-state index is 10.7. The molecule has 0 radical (unpaired) electrons.